The third-order valence-corrected chi connectivity index (χ3v) is 3.12. The minimum atomic E-state index is -0.827. The van der Waals surface area contributed by atoms with Gasteiger partial charge in [0.2, 0.25) is 0 Å². The van der Waals surface area contributed by atoms with Gasteiger partial charge in [-0.2, -0.15) is 0 Å². The molecule has 0 bridgehead atoms. The van der Waals surface area contributed by atoms with E-state index in [0.29, 0.717) is 19.6 Å². The summed E-state index contributed by atoms with van der Waals surface area (Å²) in [7, 11) is 3.24. The van der Waals surface area contributed by atoms with Crippen molar-refractivity contribution in [2.45, 2.75) is 25.3 Å². The molecule has 2 unspecified atom stereocenters. The van der Waals surface area contributed by atoms with E-state index in [1.54, 1.807) is 14.2 Å². The fourth-order valence-electron chi connectivity index (χ4n) is 2.03. The number of rotatable bonds is 5. The molecule has 1 aliphatic rings. The summed E-state index contributed by atoms with van der Waals surface area (Å²) in [6.07, 6.45) is 2.23. The van der Waals surface area contributed by atoms with Crippen LogP contribution in [-0.4, -0.2) is 55.4 Å². The van der Waals surface area contributed by atoms with Crippen molar-refractivity contribution in [1.82, 2.24) is 10.2 Å². The van der Waals surface area contributed by atoms with Crippen LogP contribution in [0.4, 0.5) is 4.79 Å². The van der Waals surface area contributed by atoms with E-state index in [2.05, 4.69) is 5.32 Å². The average Bonchev–Trinajstić information content (AvgIpc) is 2.73. The smallest absolute Gasteiger partial charge is 0.317 e. The SMILES string of the molecule is COCCN(C)C(=O)NC1CCCC1C(=O)O. The summed E-state index contributed by atoms with van der Waals surface area (Å²) in [4.78, 5) is 24.2. The molecule has 0 aromatic rings. The molecule has 1 saturated carbocycles. The first kappa shape index (κ1) is 13.8. The van der Waals surface area contributed by atoms with Gasteiger partial charge in [0, 0.05) is 26.7 Å². The predicted molar refractivity (Wildman–Crippen MR) is 61.8 cm³/mol. The molecule has 17 heavy (non-hydrogen) atoms. The first-order valence-corrected chi connectivity index (χ1v) is 5.79. The van der Waals surface area contributed by atoms with E-state index in [9.17, 15) is 9.59 Å². The van der Waals surface area contributed by atoms with Crippen LogP contribution < -0.4 is 5.32 Å². The number of amides is 2. The highest BCUT2D eigenvalue weighted by atomic mass is 16.5. The van der Waals surface area contributed by atoms with Crippen LogP contribution in [-0.2, 0) is 9.53 Å². The molecule has 0 heterocycles. The number of urea groups is 1. The van der Waals surface area contributed by atoms with Crippen molar-refractivity contribution >= 4 is 12.0 Å². The lowest BCUT2D eigenvalue weighted by Crippen LogP contribution is -2.46. The number of likely N-dealkylation sites (N-methyl/N-ethyl adjacent to an activating group) is 1. The van der Waals surface area contributed by atoms with Gasteiger partial charge in [0.25, 0.3) is 0 Å². The molecule has 2 amide bonds. The molecule has 1 fully saturated rings. The number of carboxylic acid groups (broad SMARTS) is 1. The van der Waals surface area contributed by atoms with Crippen molar-refractivity contribution < 1.29 is 19.4 Å². The zero-order chi connectivity index (χ0) is 12.8. The first-order chi connectivity index (χ1) is 8.06. The zero-order valence-electron chi connectivity index (χ0n) is 10.3. The molecule has 0 aliphatic heterocycles. The average molecular weight is 244 g/mol. The van der Waals surface area contributed by atoms with Gasteiger partial charge in [-0.25, -0.2) is 4.79 Å². The van der Waals surface area contributed by atoms with E-state index in [4.69, 9.17) is 9.84 Å². The molecule has 2 atom stereocenters. The second-order valence-corrected chi connectivity index (χ2v) is 4.35. The number of nitrogens with one attached hydrogen (secondary N) is 1. The Hall–Kier alpha value is -1.30. The number of carboxylic acids is 1. The molecule has 1 rings (SSSR count). The molecule has 1 aliphatic carbocycles. The molecule has 0 aromatic heterocycles. The lowest BCUT2D eigenvalue weighted by molar-refractivity contribution is -0.142. The van der Waals surface area contributed by atoms with Crippen LogP contribution in [0.2, 0.25) is 0 Å². The summed E-state index contributed by atoms with van der Waals surface area (Å²) < 4.78 is 4.88. The Morgan fingerprint density at radius 1 is 1.47 bits per heavy atom. The Morgan fingerprint density at radius 3 is 2.76 bits per heavy atom. The number of ether oxygens (including phenoxy) is 1. The number of aliphatic carboxylic acids is 1. The highest BCUT2D eigenvalue weighted by Crippen LogP contribution is 2.25. The van der Waals surface area contributed by atoms with E-state index in [0.717, 1.165) is 12.8 Å². The second kappa shape index (κ2) is 6.44. The zero-order valence-corrected chi connectivity index (χ0v) is 10.3. The van der Waals surface area contributed by atoms with Crippen molar-refractivity contribution in [2.75, 3.05) is 27.3 Å². The number of carbonyl (C=O) groups excluding carboxylic acids is 1. The van der Waals surface area contributed by atoms with Crippen molar-refractivity contribution in [2.24, 2.45) is 5.92 Å². The largest absolute Gasteiger partial charge is 0.481 e. The topological polar surface area (TPSA) is 78.9 Å². The van der Waals surface area contributed by atoms with Gasteiger partial charge in [0.15, 0.2) is 0 Å². The quantitative estimate of drug-likeness (QED) is 0.739. The third kappa shape index (κ3) is 3.89. The number of nitrogens with zero attached hydrogens (tertiary/aromatic N) is 1. The summed E-state index contributed by atoms with van der Waals surface area (Å²) in [5.74, 6) is -1.28. The monoisotopic (exact) mass is 244 g/mol. The number of methoxy groups -OCH3 is 1. The van der Waals surface area contributed by atoms with Crippen molar-refractivity contribution in [3.05, 3.63) is 0 Å². The van der Waals surface area contributed by atoms with E-state index in [-0.39, 0.29) is 12.1 Å². The van der Waals surface area contributed by atoms with Gasteiger partial charge < -0.3 is 20.1 Å². The van der Waals surface area contributed by atoms with Gasteiger partial charge >= 0.3 is 12.0 Å². The second-order valence-electron chi connectivity index (χ2n) is 4.35. The van der Waals surface area contributed by atoms with Crippen LogP contribution in [0.15, 0.2) is 0 Å². The predicted octanol–water partition coefficient (Wildman–Crippen LogP) is 0.527. The molecule has 0 spiro atoms. The first-order valence-electron chi connectivity index (χ1n) is 5.79. The van der Waals surface area contributed by atoms with Crippen molar-refractivity contribution in [1.29, 1.82) is 0 Å². The molecule has 0 radical (unpaired) electrons. The summed E-state index contributed by atoms with van der Waals surface area (Å²) in [5.41, 5.74) is 0. The van der Waals surface area contributed by atoms with Gasteiger partial charge in [-0.1, -0.05) is 6.42 Å². The molecular weight excluding hydrogens is 224 g/mol. The molecule has 0 aromatic carbocycles. The fourth-order valence-corrected chi connectivity index (χ4v) is 2.03. The normalized spacial score (nSPS) is 23.4. The molecule has 0 saturated heterocycles. The van der Waals surface area contributed by atoms with E-state index >= 15 is 0 Å². The maximum Gasteiger partial charge on any atom is 0.317 e. The minimum absolute atomic E-state index is 0.236. The van der Waals surface area contributed by atoms with Crippen molar-refractivity contribution in [3.8, 4) is 0 Å². The van der Waals surface area contributed by atoms with Crippen LogP contribution >= 0.6 is 0 Å². The Bertz CT molecular complexity index is 283. The summed E-state index contributed by atoms with van der Waals surface area (Å²) in [5, 5.41) is 11.8. The van der Waals surface area contributed by atoms with Gasteiger partial charge in [0.05, 0.1) is 12.5 Å². The number of carbonyl (C=O) groups is 2. The highest BCUT2D eigenvalue weighted by molar-refractivity contribution is 5.77. The summed E-state index contributed by atoms with van der Waals surface area (Å²) in [6.45, 7) is 0.962. The lowest BCUT2D eigenvalue weighted by atomic mass is 10.0. The van der Waals surface area contributed by atoms with Crippen molar-refractivity contribution in [3.63, 3.8) is 0 Å². The molecule has 2 N–H and O–H groups in total. The standard InChI is InChI=1S/C11H20N2O4/c1-13(6-7-17-2)11(16)12-9-5-3-4-8(9)10(14)15/h8-9H,3-7H2,1-2H3,(H,12,16)(H,14,15). The van der Waals surface area contributed by atoms with Crippen LogP contribution in [0.1, 0.15) is 19.3 Å². The fraction of sp³-hybridized carbons (Fsp3) is 0.818. The van der Waals surface area contributed by atoms with Crippen LogP contribution in [0.25, 0.3) is 0 Å². The third-order valence-electron chi connectivity index (χ3n) is 3.12. The summed E-state index contributed by atoms with van der Waals surface area (Å²) in [6, 6.07) is -0.481. The molecule has 6 heteroatoms. The maximum atomic E-state index is 11.7. The van der Waals surface area contributed by atoms with Gasteiger partial charge in [-0.05, 0) is 12.8 Å². The Kier molecular flexibility index (Phi) is 5.21. The van der Waals surface area contributed by atoms with E-state index < -0.39 is 11.9 Å². The van der Waals surface area contributed by atoms with Crippen LogP contribution in [0.3, 0.4) is 0 Å². The Balaban J connectivity index is 2.42. The van der Waals surface area contributed by atoms with E-state index in [1.165, 1.54) is 4.90 Å². The van der Waals surface area contributed by atoms with Crippen LogP contribution in [0.5, 0.6) is 0 Å². The highest BCUT2D eigenvalue weighted by Gasteiger charge is 2.34. The Labute approximate surface area is 101 Å². The maximum absolute atomic E-state index is 11.7. The molecule has 98 valence electrons. The number of hydrogen-bond acceptors (Lipinski definition) is 3. The minimum Gasteiger partial charge on any atom is -0.481 e. The molecular formula is C11H20N2O4. The Morgan fingerprint density at radius 2 is 2.18 bits per heavy atom. The lowest BCUT2D eigenvalue weighted by Gasteiger charge is -2.23. The molecule has 6 nitrogen and oxygen atoms in total. The van der Waals surface area contributed by atoms with Gasteiger partial charge in [-0.15, -0.1) is 0 Å². The van der Waals surface area contributed by atoms with Gasteiger partial charge in [-0.3, -0.25) is 4.79 Å². The van der Waals surface area contributed by atoms with Crippen LogP contribution in [0, 0.1) is 5.92 Å². The summed E-state index contributed by atoms with van der Waals surface area (Å²) >= 11 is 0. The van der Waals surface area contributed by atoms with E-state index in [1.807, 2.05) is 0 Å². The number of hydrogen-bond donors (Lipinski definition) is 2. The van der Waals surface area contributed by atoms with Gasteiger partial charge in [0.1, 0.15) is 0 Å².